The third-order valence-electron chi connectivity index (χ3n) is 4.62. The number of nitrogens with one attached hydrogen (secondary N) is 2. The van der Waals surface area contributed by atoms with Crippen LogP contribution in [0.2, 0.25) is 0 Å². The van der Waals surface area contributed by atoms with E-state index < -0.39 is 0 Å². The summed E-state index contributed by atoms with van der Waals surface area (Å²) in [5.41, 5.74) is 2.99. The zero-order valence-electron chi connectivity index (χ0n) is 12.0. The number of thiocarbonyl (C=S) groups is 1. The van der Waals surface area contributed by atoms with E-state index in [4.69, 9.17) is 12.2 Å². The second-order valence-corrected chi connectivity index (χ2v) is 6.57. The number of aryl methyl sites for hydroxylation is 1. The molecule has 108 valence electrons. The van der Waals surface area contributed by atoms with E-state index in [2.05, 4.69) is 34.9 Å². The van der Waals surface area contributed by atoms with Crippen molar-refractivity contribution in [3.63, 3.8) is 0 Å². The summed E-state index contributed by atoms with van der Waals surface area (Å²) in [4.78, 5) is 0. The summed E-state index contributed by atoms with van der Waals surface area (Å²) >= 11 is 5.49. The molecule has 20 heavy (non-hydrogen) atoms. The molecule has 0 spiro atoms. The number of hydrogen-bond donors (Lipinski definition) is 2. The topological polar surface area (TPSA) is 24.1 Å². The molecule has 0 amide bonds. The minimum absolute atomic E-state index is 0.494. The fourth-order valence-corrected chi connectivity index (χ4v) is 3.81. The van der Waals surface area contributed by atoms with Gasteiger partial charge in [0.15, 0.2) is 5.11 Å². The Hall–Kier alpha value is -1.09. The molecule has 2 nitrogen and oxygen atoms in total. The highest BCUT2D eigenvalue weighted by Crippen LogP contribution is 2.21. The lowest BCUT2D eigenvalue weighted by atomic mass is 9.88. The lowest BCUT2D eigenvalue weighted by Gasteiger charge is -2.29. The average molecular weight is 288 g/mol. The highest BCUT2D eigenvalue weighted by atomic mass is 32.1. The molecule has 2 aliphatic carbocycles. The van der Waals surface area contributed by atoms with Crippen LogP contribution >= 0.6 is 12.2 Å². The summed E-state index contributed by atoms with van der Waals surface area (Å²) in [6, 6.07) is 9.88. The molecule has 0 saturated heterocycles. The van der Waals surface area contributed by atoms with E-state index in [1.165, 1.54) is 56.1 Å². The summed E-state index contributed by atoms with van der Waals surface area (Å²) in [5.74, 6) is 0. The van der Waals surface area contributed by atoms with Gasteiger partial charge in [0.2, 0.25) is 0 Å². The molecule has 0 aliphatic heterocycles. The summed E-state index contributed by atoms with van der Waals surface area (Å²) in [6.07, 6.45) is 10.1. The molecular formula is C17H24N2S. The van der Waals surface area contributed by atoms with Gasteiger partial charge in [-0.1, -0.05) is 43.5 Å². The maximum absolute atomic E-state index is 5.49. The Balaban J connectivity index is 1.50. The second kappa shape index (κ2) is 6.57. The van der Waals surface area contributed by atoms with Crippen LogP contribution in [0, 0.1) is 0 Å². The van der Waals surface area contributed by atoms with Gasteiger partial charge in [-0.15, -0.1) is 0 Å². The largest absolute Gasteiger partial charge is 0.360 e. The molecule has 2 N–H and O–H groups in total. The Bertz CT molecular complexity index is 466. The molecule has 0 aromatic heterocycles. The smallest absolute Gasteiger partial charge is 0.166 e. The number of rotatable bonds is 2. The molecule has 1 unspecified atom stereocenters. The van der Waals surface area contributed by atoms with Gasteiger partial charge in [0.05, 0.1) is 0 Å². The molecule has 1 saturated carbocycles. The Kier molecular flexibility index (Phi) is 4.56. The fraction of sp³-hybridized carbons (Fsp3) is 0.588. The quantitative estimate of drug-likeness (QED) is 0.816. The number of fused-ring (bicyclic) bond motifs is 1. The molecule has 2 aliphatic rings. The highest BCUT2D eigenvalue weighted by molar-refractivity contribution is 7.80. The molecule has 1 aromatic rings. The molecule has 3 rings (SSSR count). The van der Waals surface area contributed by atoms with E-state index in [0.717, 1.165) is 11.5 Å². The van der Waals surface area contributed by atoms with Crippen molar-refractivity contribution in [3.8, 4) is 0 Å². The maximum Gasteiger partial charge on any atom is 0.166 e. The van der Waals surface area contributed by atoms with Crippen LogP contribution in [0.5, 0.6) is 0 Å². The Labute approximate surface area is 127 Å². The van der Waals surface area contributed by atoms with E-state index in [0.29, 0.717) is 12.1 Å². The second-order valence-electron chi connectivity index (χ2n) is 6.16. The third-order valence-corrected chi connectivity index (χ3v) is 4.86. The predicted molar refractivity (Wildman–Crippen MR) is 88.0 cm³/mol. The van der Waals surface area contributed by atoms with Crippen molar-refractivity contribution in [2.75, 3.05) is 0 Å². The van der Waals surface area contributed by atoms with Crippen LogP contribution in [0.15, 0.2) is 24.3 Å². The normalized spacial score (nSPS) is 22.9. The first-order valence-corrected chi connectivity index (χ1v) is 8.36. The molecule has 3 heteroatoms. The van der Waals surface area contributed by atoms with Crippen molar-refractivity contribution in [2.24, 2.45) is 0 Å². The van der Waals surface area contributed by atoms with Crippen molar-refractivity contribution in [3.05, 3.63) is 35.4 Å². The Morgan fingerprint density at radius 1 is 0.900 bits per heavy atom. The summed E-state index contributed by atoms with van der Waals surface area (Å²) in [5, 5.41) is 7.90. The molecular weight excluding hydrogens is 264 g/mol. The van der Waals surface area contributed by atoms with Crippen LogP contribution in [-0.4, -0.2) is 17.2 Å². The molecule has 1 fully saturated rings. The molecule has 0 bridgehead atoms. The standard InChI is InChI=1S/C17H24N2S/c20-17(18-15-8-2-1-3-9-15)19-16-11-10-13-6-4-5-7-14(13)12-16/h4-7,15-16H,1-3,8-12H2,(H2,18,19,20). The van der Waals surface area contributed by atoms with Crippen LogP contribution in [0.25, 0.3) is 0 Å². The molecule has 0 radical (unpaired) electrons. The van der Waals surface area contributed by atoms with E-state index in [1.807, 2.05) is 0 Å². The van der Waals surface area contributed by atoms with Gasteiger partial charge in [-0.2, -0.15) is 0 Å². The number of hydrogen-bond acceptors (Lipinski definition) is 1. The Morgan fingerprint density at radius 3 is 2.40 bits per heavy atom. The van der Waals surface area contributed by atoms with Crippen molar-refractivity contribution in [1.82, 2.24) is 10.6 Å². The van der Waals surface area contributed by atoms with Crippen LogP contribution in [0.1, 0.15) is 49.7 Å². The van der Waals surface area contributed by atoms with Crippen molar-refractivity contribution < 1.29 is 0 Å². The SMILES string of the molecule is S=C(NC1CCCCC1)NC1CCc2ccccc2C1. The van der Waals surface area contributed by atoms with Gasteiger partial charge in [0, 0.05) is 12.1 Å². The van der Waals surface area contributed by atoms with E-state index >= 15 is 0 Å². The van der Waals surface area contributed by atoms with E-state index in [9.17, 15) is 0 Å². The van der Waals surface area contributed by atoms with Crippen LogP contribution < -0.4 is 10.6 Å². The molecule has 1 aromatic carbocycles. The summed E-state index contributed by atoms with van der Waals surface area (Å²) in [7, 11) is 0. The minimum atomic E-state index is 0.494. The number of benzene rings is 1. The lowest BCUT2D eigenvalue weighted by Crippen LogP contribution is -2.48. The zero-order chi connectivity index (χ0) is 13.8. The predicted octanol–water partition coefficient (Wildman–Crippen LogP) is 3.34. The lowest BCUT2D eigenvalue weighted by molar-refractivity contribution is 0.408. The Morgan fingerprint density at radius 2 is 1.60 bits per heavy atom. The third kappa shape index (κ3) is 3.51. The van der Waals surface area contributed by atoms with Gasteiger partial charge in [0.1, 0.15) is 0 Å². The van der Waals surface area contributed by atoms with Crippen LogP contribution in [0.4, 0.5) is 0 Å². The van der Waals surface area contributed by atoms with Crippen molar-refractivity contribution in [1.29, 1.82) is 0 Å². The van der Waals surface area contributed by atoms with Crippen molar-refractivity contribution >= 4 is 17.3 Å². The van der Waals surface area contributed by atoms with Gasteiger partial charge in [-0.3, -0.25) is 0 Å². The van der Waals surface area contributed by atoms with Gasteiger partial charge in [-0.25, -0.2) is 0 Å². The van der Waals surface area contributed by atoms with E-state index in [1.54, 1.807) is 0 Å². The van der Waals surface area contributed by atoms with Gasteiger partial charge in [-0.05, 0) is 55.4 Å². The monoisotopic (exact) mass is 288 g/mol. The fourth-order valence-electron chi connectivity index (χ4n) is 3.48. The molecule has 1 atom stereocenters. The van der Waals surface area contributed by atoms with Gasteiger partial charge >= 0.3 is 0 Å². The van der Waals surface area contributed by atoms with E-state index in [-0.39, 0.29) is 0 Å². The zero-order valence-corrected chi connectivity index (χ0v) is 12.8. The first-order valence-electron chi connectivity index (χ1n) is 7.95. The van der Waals surface area contributed by atoms with Gasteiger partial charge < -0.3 is 10.6 Å². The molecule has 0 heterocycles. The summed E-state index contributed by atoms with van der Waals surface area (Å²) in [6.45, 7) is 0. The van der Waals surface area contributed by atoms with Gasteiger partial charge in [0.25, 0.3) is 0 Å². The maximum atomic E-state index is 5.49. The average Bonchev–Trinajstić information content (AvgIpc) is 2.48. The first kappa shape index (κ1) is 13.9. The summed E-state index contributed by atoms with van der Waals surface area (Å²) < 4.78 is 0. The first-order chi connectivity index (χ1) is 9.81. The highest BCUT2D eigenvalue weighted by Gasteiger charge is 2.20. The van der Waals surface area contributed by atoms with Crippen molar-refractivity contribution in [2.45, 2.75) is 63.5 Å². The van der Waals surface area contributed by atoms with Crippen LogP contribution in [-0.2, 0) is 12.8 Å². The minimum Gasteiger partial charge on any atom is -0.360 e. The van der Waals surface area contributed by atoms with Crippen LogP contribution in [0.3, 0.4) is 0 Å².